The van der Waals surface area contributed by atoms with E-state index < -0.39 is 17.7 Å². The highest BCUT2D eigenvalue weighted by Gasteiger charge is 2.44. The van der Waals surface area contributed by atoms with E-state index in [1.807, 2.05) is 6.92 Å². The number of hydrogen-bond donors (Lipinski definition) is 0. The fraction of sp³-hybridized carbons (Fsp3) is 0.481. The summed E-state index contributed by atoms with van der Waals surface area (Å²) in [6, 6.07) is 12.1. The predicted molar refractivity (Wildman–Crippen MR) is 132 cm³/mol. The Morgan fingerprint density at radius 3 is 2.19 bits per heavy atom. The number of benzene rings is 2. The molecule has 2 aromatic carbocycles. The molecule has 0 spiro atoms. The molecular formula is C27H31F3N4O2. The number of amides is 2. The Balaban J connectivity index is 1.45. The third-order valence-electron chi connectivity index (χ3n) is 7.79. The first-order valence-electron chi connectivity index (χ1n) is 12.4. The average molecular weight is 501 g/mol. The van der Waals surface area contributed by atoms with E-state index in [0.717, 1.165) is 24.0 Å². The van der Waals surface area contributed by atoms with Gasteiger partial charge in [-0.3, -0.25) is 9.59 Å². The molecule has 0 N–H and O–H groups in total. The predicted octanol–water partition coefficient (Wildman–Crippen LogP) is 3.57. The lowest BCUT2D eigenvalue weighted by Gasteiger charge is -2.50. The first-order chi connectivity index (χ1) is 17.1. The Bertz CT molecular complexity index is 1140. The van der Waals surface area contributed by atoms with Gasteiger partial charge >= 0.3 is 6.18 Å². The monoisotopic (exact) mass is 500 g/mol. The van der Waals surface area contributed by atoms with Crippen LogP contribution < -0.4 is 9.80 Å². The van der Waals surface area contributed by atoms with Crippen LogP contribution in [-0.2, 0) is 22.2 Å². The van der Waals surface area contributed by atoms with Gasteiger partial charge in [0.05, 0.1) is 17.5 Å². The van der Waals surface area contributed by atoms with E-state index in [1.165, 1.54) is 18.6 Å². The Hall–Kier alpha value is -3.23. The van der Waals surface area contributed by atoms with Crippen molar-refractivity contribution >= 4 is 23.2 Å². The van der Waals surface area contributed by atoms with E-state index in [-0.39, 0.29) is 24.3 Å². The number of alkyl halides is 3. The van der Waals surface area contributed by atoms with Crippen LogP contribution in [0.5, 0.6) is 0 Å². The summed E-state index contributed by atoms with van der Waals surface area (Å²) in [5, 5.41) is 0. The van der Waals surface area contributed by atoms with Gasteiger partial charge in [0.1, 0.15) is 0 Å². The number of anilines is 2. The first kappa shape index (κ1) is 24.5. The van der Waals surface area contributed by atoms with Crippen molar-refractivity contribution in [3.63, 3.8) is 0 Å². The highest BCUT2D eigenvalue weighted by Crippen LogP contribution is 2.40. The summed E-state index contributed by atoms with van der Waals surface area (Å²) in [6.45, 7) is 7.36. The lowest BCUT2D eigenvalue weighted by Crippen LogP contribution is -2.62. The molecule has 3 aliphatic heterocycles. The molecule has 0 saturated carbocycles. The van der Waals surface area contributed by atoms with Gasteiger partial charge < -0.3 is 19.6 Å². The van der Waals surface area contributed by atoms with Crippen LogP contribution >= 0.6 is 0 Å². The van der Waals surface area contributed by atoms with Gasteiger partial charge in [0.15, 0.2) is 0 Å². The number of halogens is 3. The number of aryl methyl sites for hydroxylation is 1. The van der Waals surface area contributed by atoms with Crippen LogP contribution in [0.3, 0.4) is 0 Å². The Labute approximate surface area is 209 Å². The molecule has 0 radical (unpaired) electrons. The van der Waals surface area contributed by atoms with Crippen LogP contribution in [0.25, 0.3) is 0 Å². The van der Waals surface area contributed by atoms with Crippen LogP contribution in [0, 0.1) is 12.8 Å². The van der Waals surface area contributed by atoms with Crippen LogP contribution in [0.1, 0.15) is 23.6 Å². The third kappa shape index (κ3) is 4.63. The molecular weight excluding hydrogens is 469 g/mol. The zero-order chi connectivity index (χ0) is 25.6. The summed E-state index contributed by atoms with van der Waals surface area (Å²) >= 11 is 0. The van der Waals surface area contributed by atoms with Crippen molar-refractivity contribution in [1.29, 1.82) is 0 Å². The number of nitrogens with zero attached hydrogens (tertiary/aromatic N) is 4. The summed E-state index contributed by atoms with van der Waals surface area (Å²) in [6.07, 6.45) is -4.16. The number of hydrogen-bond acceptors (Lipinski definition) is 4. The second kappa shape index (κ2) is 9.33. The fourth-order valence-corrected chi connectivity index (χ4v) is 5.75. The molecule has 3 aliphatic rings. The smallest absolute Gasteiger partial charge is 0.368 e. The Morgan fingerprint density at radius 2 is 1.56 bits per heavy atom. The number of piperazine rings is 2. The number of carbonyl (C=O) groups is 2. The van der Waals surface area contributed by atoms with Crippen molar-refractivity contribution in [2.24, 2.45) is 5.92 Å². The molecule has 2 fully saturated rings. The van der Waals surface area contributed by atoms with Crippen LogP contribution in [0.15, 0.2) is 42.5 Å². The molecule has 2 amide bonds. The van der Waals surface area contributed by atoms with Gasteiger partial charge in [-0.25, -0.2) is 0 Å². The normalized spacial score (nSPS) is 22.2. The number of fused-ring (bicyclic) bond motifs is 3. The maximum Gasteiger partial charge on any atom is 0.416 e. The Morgan fingerprint density at radius 1 is 0.889 bits per heavy atom. The summed E-state index contributed by atoms with van der Waals surface area (Å²) in [4.78, 5) is 33.5. The quantitative estimate of drug-likeness (QED) is 0.633. The topological polar surface area (TPSA) is 47.1 Å². The van der Waals surface area contributed by atoms with Crippen molar-refractivity contribution in [3.8, 4) is 0 Å². The highest BCUT2D eigenvalue weighted by molar-refractivity contribution is 5.83. The lowest BCUT2D eigenvalue weighted by molar-refractivity contribution is -0.142. The van der Waals surface area contributed by atoms with Crippen molar-refractivity contribution in [3.05, 3.63) is 59.2 Å². The molecule has 0 bridgehead atoms. The minimum atomic E-state index is -4.43. The molecule has 2 saturated heterocycles. The van der Waals surface area contributed by atoms with E-state index in [4.69, 9.17) is 0 Å². The largest absolute Gasteiger partial charge is 0.416 e. The maximum absolute atomic E-state index is 13.8. The van der Waals surface area contributed by atoms with E-state index in [9.17, 15) is 22.8 Å². The van der Waals surface area contributed by atoms with E-state index in [1.54, 1.807) is 15.9 Å². The van der Waals surface area contributed by atoms with E-state index in [2.05, 4.69) is 34.1 Å². The molecule has 36 heavy (non-hydrogen) atoms. The molecule has 192 valence electrons. The molecule has 2 unspecified atom stereocenters. The van der Waals surface area contributed by atoms with Crippen molar-refractivity contribution < 1.29 is 22.8 Å². The summed E-state index contributed by atoms with van der Waals surface area (Å²) in [5.41, 5.74) is 2.94. The van der Waals surface area contributed by atoms with Crippen LogP contribution in [0.4, 0.5) is 24.5 Å². The highest BCUT2D eigenvalue weighted by atomic mass is 19.4. The summed E-state index contributed by atoms with van der Waals surface area (Å²) < 4.78 is 40.4. The standard InChI is InChI=1S/C27H31F3N4O2/c1-18-3-6-22(7-4-18)33-13-14-34-24-8-5-21(27(28,29)30)15-20(24)16-23(25(34)17-33)26(36)32-11-9-31(10-12-32)19(2)35/h3-8,15,23,25H,9-14,16-17H2,1-2H3. The van der Waals surface area contributed by atoms with Gasteiger partial charge in [0.25, 0.3) is 0 Å². The maximum atomic E-state index is 13.8. The SMILES string of the molecule is CC(=O)N1CCN(C(=O)C2Cc3cc(C(F)(F)F)ccc3N3CCN(c4ccc(C)cc4)CC23)CC1. The van der Waals surface area contributed by atoms with Gasteiger partial charge in [0, 0.05) is 64.1 Å². The second-order valence-electron chi connectivity index (χ2n) is 10.0. The van der Waals surface area contributed by atoms with Gasteiger partial charge in [-0.2, -0.15) is 13.2 Å². The third-order valence-corrected chi connectivity index (χ3v) is 7.79. The molecule has 5 rings (SSSR count). The van der Waals surface area contributed by atoms with E-state index in [0.29, 0.717) is 44.8 Å². The molecule has 0 aromatic heterocycles. The second-order valence-corrected chi connectivity index (χ2v) is 10.0. The number of carbonyl (C=O) groups excluding carboxylic acids is 2. The fourth-order valence-electron chi connectivity index (χ4n) is 5.75. The van der Waals surface area contributed by atoms with Crippen LogP contribution in [-0.4, -0.2) is 73.5 Å². The number of rotatable bonds is 2. The summed E-state index contributed by atoms with van der Waals surface area (Å²) in [7, 11) is 0. The van der Waals surface area contributed by atoms with Gasteiger partial charge in [0.2, 0.25) is 11.8 Å². The van der Waals surface area contributed by atoms with Crippen molar-refractivity contribution in [1.82, 2.24) is 9.80 Å². The Kier molecular flexibility index (Phi) is 6.34. The van der Waals surface area contributed by atoms with Crippen LogP contribution in [0.2, 0.25) is 0 Å². The minimum absolute atomic E-state index is 0.0134. The van der Waals surface area contributed by atoms with Gasteiger partial charge in [-0.1, -0.05) is 17.7 Å². The van der Waals surface area contributed by atoms with Crippen molar-refractivity contribution in [2.75, 3.05) is 55.6 Å². The molecule has 6 nitrogen and oxygen atoms in total. The molecule has 2 atom stereocenters. The first-order valence-corrected chi connectivity index (χ1v) is 12.4. The zero-order valence-electron chi connectivity index (χ0n) is 20.6. The lowest BCUT2D eigenvalue weighted by atomic mass is 9.82. The minimum Gasteiger partial charge on any atom is -0.368 e. The summed E-state index contributed by atoms with van der Waals surface area (Å²) in [5.74, 6) is -0.513. The molecule has 0 aliphatic carbocycles. The van der Waals surface area contributed by atoms with Gasteiger partial charge in [-0.15, -0.1) is 0 Å². The van der Waals surface area contributed by atoms with E-state index >= 15 is 0 Å². The average Bonchev–Trinajstić information content (AvgIpc) is 2.87. The molecule has 2 aromatic rings. The van der Waals surface area contributed by atoms with Gasteiger partial charge in [-0.05, 0) is 49.2 Å². The molecule has 9 heteroatoms. The zero-order valence-corrected chi connectivity index (χ0v) is 20.6. The van der Waals surface area contributed by atoms with Crippen molar-refractivity contribution in [2.45, 2.75) is 32.5 Å². The molecule has 3 heterocycles.